The molecule has 1 amide bonds. The van der Waals surface area contributed by atoms with Crippen LogP contribution in [0.25, 0.3) is 11.3 Å². The highest BCUT2D eigenvalue weighted by Gasteiger charge is 2.05. The van der Waals surface area contributed by atoms with E-state index in [9.17, 15) is 9.18 Å². The Morgan fingerprint density at radius 3 is 2.40 bits per heavy atom. The molecule has 0 saturated heterocycles. The highest BCUT2D eigenvalue weighted by atomic mass is 19.1. The van der Waals surface area contributed by atoms with Crippen molar-refractivity contribution >= 4 is 5.91 Å². The Labute approximate surface area is 144 Å². The van der Waals surface area contributed by atoms with Gasteiger partial charge in [0.2, 0.25) is 5.88 Å². The SMILES string of the molecule is O=C(NCCOc1ccc(-c2ccc(F)cc2)nn1)c1ccccc1. The molecule has 0 saturated carbocycles. The number of hydrogen-bond acceptors (Lipinski definition) is 4. The van der Waals surface area contributed by atoms with Crippen LogP contribution >= 0.6 is 0 Å². The van der Waals surface area contributed by atoms with Gasteiger partial charge in [-0.2, -0.15) is 0 Å². The Balaban J connectivity index is 1.47. The van der Waals surface area contributed by atoms with Gasteiger partial charge < -0.3 is 10.1 Å². The lowest BCUT2D eigenvalue weighted by atomic mass is 10.1. The number of aromatic nitrogens is 2. The van der Waals surface area contributed by atoms with Crippen LogP contribution in [0.4, 0.5) is 4.39 Å². The normalized spacial score (nSPS) is 10.3. The van der Waals surface area contributed by atoms with Crippen LogP contribution in [0.5, 0.6) is 5.88 Å². The third kappa shape index (κ3) is 4.60. The Hall–Kier alpha value is -3.28. The Morgan fingerprint density at radius 1 is 0.960 bits per heavy atom. The maximum atomic E-state index is 12.9. The lowest BCUT2D eigenvalue weighted by Gasteiger charge is -2.07. The lowest BCUT2D eigenvalue weighted by Crippen LogP contribution is -2.28. The fourth-order valence-corrected chi connectivity index (χ4v) is 2.18. The first-order chi connectivity index (χ1) is 12.2. The minimum atomic E-state index is -0.297. The Kier molecular flexibility index (Phi) is 5.31. The fraction of sp³-hybridized carbons (Fsp3) is 0.105. The molecule has 6 heteroatoms. The van der Waals surface area contributed by atoms with Crippen molar-refractivity contribution in [2.45, 2.75) is 0 Å². The second-order valence-electron chi connectivity index (χ2n) is 5.23. The number of carbonyl (C=O) groups excluding carboxylic acids is 1. The largest absolute Gasteiger partial charge is 0.475 e. The van der Waals surface area contributed by atoms with Gasteiger partial charge in [-0.05, 0) is 42.5 Å². The number of rotatable bonds is 6. The van der Waals surface area contributed by atoms with Gasteiger partial charge >= 0.3 is 0 Å². The molecule has 0 aliphatic rings. The molecule has 1 N–H and O–H groups in total. The molecule has 0 aliphatic heterocycles. The zero-order valence-electron chi connectivity index (χ0n) is 13.4. The first kappa shape index (κ1) is 16.6. The average Bonchev–Trinajstić information content (AvgIpc) is 2.67. The van der Waals surface area contributed by atoms with Crippen molar-refractivity contribution in [1.29, 1.82) is 0 Å². The van der Waals surface area contributed by atoms with Gasteiger partial charge in [-0.1, -0.05) is 18.2 Å². The van der Waals surface area contributed by atoms with E-state index >= 15 is 0 Å². The van der Waals surface area contributed by atoms with Crippen molar-refractivity contribution in [1.82, 2.24) is 15.5 Å². The molecule has 5 nitrogen and oxygen atoms in total. The van der Waals surface area contributed by atoms with Crippen molar-refractivity contribution in [2.24, 2.45) is 0 Å². The van der Waals surface area contributed by atoms with Gasteiger partial charge in [-0.15, -0.1) is 10.2 Å². The van der Waals surface area contributed by atoms with E-state index in [1.807, 2.05) is 18.2 Å². The fourth-order valence-electron chi connectivity index (χ4n) is 2.18. The number of ether oxygens (including phenoxy) is 1. The molecule has 1 aromatic heterocycles. The van der Waals surface area contributed by atoms with Crippen LogP contribution in [0.3, 0.4) is 0 Å². The smallest absolute Gasteiger partial charge is 0.251 e. The molecular weight excluding hydrogens is 321 g/mol. The molecule has 3 aromatic rings. The molecule has 1 heterocycles. The zero-order valence-corrected chi connectivity index (χ0v) is 13.4. The van der Waals surface area contributed by atoms with Gasteiger partial charge in [0, 0.05) is 17.2 Å². The summed E-state index contributed by atoms with van der Waals surface area (Å²) in [6, 6.07) is 18.4. The number of hydrogen-bond donors (Lipinski definition) is 1. The zero-order chi connectivity index (χ0) is 17.5. The van der Waals surface area contributed by atoms with Gasteiger partial charge in [0.05, 0.1) is 12.2 Å². The predicted octanol–water partition coefficient (Wildman–Crippen LogP) is 3.09. The summed E-state index contributed by atoms with van der Waals surface area (Å²) in [5.41, 5.74) is 2.01. The van der Waals surface area contributed by atoms with Gasteiger partial charge in [0.25, 0.3) is 5.91 Å². The molecule has 126 valence electrons. The first-order valence-electron chi connectivity index (χ1n) is 7.78. The molecule has 0 bridgehead atoms. The van der Waals surface area contributed by atoms with Crippen molar-refractivity contribution in [2.75, 3.05) is 13.2 Å². The van der Waals surface area contributed by atoms with Gasteiger partial charge in [-0.25, -0.2) is 4.39 Å². The van der Waals surface area contributed by atoms with Crippen molar-refractivity contribution in [3.63, 3.8) is 0 Å². The van der Waals surface area contributed by atoms with Crippen LogP contribution in [0.15, 0.2) is 66.7 Å². The minimum Gasteiger partial charge on any atom is -0.475 e. The van der Waals surface area contributed by atoms with Crippen LogP contribution in [-0.2, 0) is 0 Å². The van der Waals surface area contributed by atoms with Gasteiger partial charge in [0.15, 0.2) is 0 Å². The number of amides is 1. The summed E-state index contributed by atoms with van der Waals surface area (Å²) in [5.74, 6) is -0.0871. The number of halogens is 1. The van der Waals surface area contributed by atoms with Crippen molar-refractivity contribution < 1.29 is 13.9 Å². The summed E-state index contributed by atoms with van der Waals surface area (Å²) in [6.45, 7) is 0.637. The maximum absolute atomic E-state index is 12.9. The molecule has 0 aliphatic carbocycles. The number of carbonyl (C=O) groups is 1. The molecule has 0 atom stereocenters. The van der Waals surface area contributed by atoms with Crippen molar-refractivity contribution in [3.8, 4) is 17.1 Å². The number of nitrogens with one attached hydrogen (secondary N) is 1. The number of benzene rings is 2. The minimum absolute atomic E-state index is 0.151. The maximum Gasteiger partial charge on any atom is 0.251 e. The molecule has 0 spiro atoms. The molecule has 0 unspecified atom stereocenters. The van der Waals surface area contributed by atoms with E-state index < -0.39 is 0 Å². The highest BCUT2D eigenvalue weighted by Crippen LogP contribution is 2.17. The van der Waals surface area contributed by atoms with Gasteiger partial charge in [-0.3, -0.25) is 4.79 Å². The van der Waals surface area contributed by atoms with E-state index in [0.717, 1.165) is 5.56 Å². The molecular formula is C19H16FN3O2. The second kappa shape index (κ2) is 8.01. The summed E-state index contributed by atoms with van der Waals surface area (Å²) in [6.07, 6.45) is 0. The lowest BCUT2D eigenvalue weighted by molar-refractivity contribution is 0.0946. The summed E-state index contributed by atoms with van der Waals surface area (Å²) < 4.78 is 18.4. The summed E-state index contributed by atoms with van der Waals surface area (Å²) in [7, 11) is 0. The Morgan fingerprint density at radius 2 is 1.72 bits per heavy atom. The molecule has 2 aromatic carbocycles. The van der Waals surface area contributed by atoms with Gasteiger partial charge in [0.1, 0.15) is 12.4 Å². The van der Waals surface area contributed by atoms with Crippen LogP contribution in [0.2, 0.25) is 0 Å². The summed E-state index contributed by atoms with van der Waals surface area (Å²) >= 11 is 0. The van der Waals surface area contributed by atoms with E-state index in [-0.39, 0.29) is 18.3 Å². The summed E-state index contributed by atoms with van der Waals surface area (Å²) in [4.78, 5) is 11.9. The van der Waals surface area contributed by atoms with E-state index in [0.29, 0.717) is 23.7 Å². The van der Waals surface area contributed by atoms with E-state index in [2.05, 4.69) is 15.5 Å². The Bertz CT molecular complexity index is 822. The van der Waals surface area contributed by atoms with E-state index in [1.54, 1.807) is 36.4 Å². The first-order valence-corrected chi connectivity index (χ1v) is 7.78. The summed E-state index contributed by atoms with van der Waals surface area (Å²) in [5, 5.41) is 10.8. The third-order valence-corrected chi connectivity index (χ3v) is 3.45. The van der Waals surface area contributed by atoms with Crippen LogP contribution in [-0.4, -0.2) is 29.3 Å². The number of nitrogens with zero attached hydrogens (tertiary/aromatic N) is 2. The topological polar surface area (TPSA) is 64.1 Å². The standard InChI is InChI=1S/C19H16FN3O2/c20-16-8-6-14(7-9-16)17-10-11-18(23-22-17)25-13-12-21-19(24)15-4-2-1-3-5-15/h1-11H,12-13H2,(H,21,24). The van der Waals surface area contributed by atoms with Crippen LogP contribution in [0.1, 0.15) is 10.4 Å². The van der Waals surface area contributed by atoms with Crippen molar-refractivity contribution in [3.05, 3.63) is 78.1 Å². The molecule has 3 rings (SSSR count). The van der Waals surface area contributed by atoms with Crippen LogP contribution < -0.4 is 10.1 Å². The third-order valence-electron chi connectivity index (χ3n) is 3.45. The second-order valence-corrected chi connectivity index (χ2v) is 5.23. The monoisotopic (exact) mass is 337 g/mol. The molecule has 0 radical (unpaired) electrons. The molecule has 25 heavy (non-hydrogen) atoms. The highest BCUT2D eigenvalue weighted by molar-refractivity contribution is 5.94. The van der Waals surface area contributed by atoms with Crippen LogP contribution in [0, 0.1) is 5.82 Å². The quantitative estimate of drug-likeness (QED) is 0.702. The average molecular weight is 337 g/mol. The molecule has 0 fully saturated rings. The van der Waals surface area contributed by atoms with E-state index in [1.165, 1.54) is 12.1 Å². The predicted molar refractivity (Wildman–Crippen MR) is 91.7 cm³/mol. The van der Waals surface area contributed by atoms with E-state index in [4.69, 9.17) is 4.74 Å².